The molecule has 0 saturated heterocycles. The highest BCUT2D eigenvalue weighted by atomic mass is 35.5. The molecule has 9 heteroatoms. The zero-order valence-electron chi connectivity index (χ0n) is 18.3. The molecule has 0 saturated carbocycles. The first-order valence-electron chi connectivity index (χ1n) is 10.6. The summed E-state index contributed by atoms with van der Waals surface area (Å²) in [5.41, 5.74) is 2.87. The molecule has 0 amide bonds. The van der Waals surface area contributed by atoms with Crippen LogP contribution in [-0.2, 0) is 17.6 Å². The van der Waals surface area contributed by atoms with Crippen molar-refractivity contribution in [2.45, 2.75) is 25.8 Å². The smallest absolute Gasteiger partial charge is 0.358 e. The number of nitrogens with zero attached hydrogens (tertiary/aromatic N) is 2. The number of rotatable bonds is 4. The molecular weight excluding hydrogens is 461 g/mol. The van der Waals surface area contributed by atoms with Gasteiger partial charge in [-0.3, -0.25) is 9.78 Å². The number of methoxy groups -OCH3 is 1. The van der Waals surface area contributed by atoms with Crippen molar-refractivity contribution < 1.29 is 18.3 Å². The van der Waals surface area contributed by atoms with Crippen LogP contribution in [0.15, 0.2) is 51.8 Å². The van der Waals surface area contributed by atoms with Crippen molar-refractivity contribution in [3.05, 3.63) is 86.3 Å². The molecule has 0 bridgehead atoms. The predicted octanol–water partition coefficient (Wildman–Crippen LogP) is 5.10. The van der Waals surface area contributed by atoms with Gasteiger partial charge in [-0.15, -0.1) is 0 Å². The number of pyridine rings is 2. The molecule has 1 atom stereocenters. The van der Waals surface area contributed by atoms with E-state index in [1.807, 2.05) is 6.07 Å². The molecule has 0 spiro atoms. The fourth-order valence-corrected chi connectivity index (χ4v) is 4.44. The van der Waals surface area contributed by atoms with E-state index in [0.717, 1.165) is 11.3 Å². The molecule has 1 N–H and O–H groups in total. The van der Waals surface area contributed by atoms with Gasteiger partial charge in [-0.1, -0.05) is 11.6 Å². The molecular formula is C25H19ClFN3O4. The highest BCUT2D eigenvalue weighted by molar-refractivity contribution is 6.29. The Morgan fingerprint density at radius 3 is 2.88 bits per heavy atom. The normalized spacial score (nSPS) is 13.2. The van der Waals surface area contributed by atoms with Crippen LogP contribution < -0.4 is 10.7 Å². The molecule has 4 aromatic rings. The van der Waals surface area contributed by atoms with E-state index in [9.17, 15) is 14.0 Å². The average Bonchev–Trinajstić information content (AvgIpc) is 2.84. The van der Waals surface area contributed by atoms with Crippen LogP contribution in [0.4, 0.5) is 10.1 Å². The molecule has 3 aromatic heterocycles. The number of aryl methyl sites for hydroxylation is 1. The number of hydrogen-bond donors (Lipinski definition) is 1. The Morgan fingerprint density at radius 2 is 2.09 bits per heavy atom. The highest BCUT2D eigenvalue weighted by Gasteiger charge is 2.26. The van der Waals surface area contributed by atoms with Crippen molar-refractivity contribution in [2.24, 2.45) is 0 Å². The van der Waals surface area contributed by atoms with Gasteiger partial charge < -0.3 is 14.5 Å². The Kier molecular flexibility index (Phi) is 5.53. The summed E-state index contributed by atoms with van der Waals surface area (Å²) < 4.78 is 25.7. The van der Waals surface area contributed by atoms with Gasteiger partial charge in [0.25, 0.3) is 0 Å². The van der Waals surface area contributed by atoms with Crippen LogP contribution in [0, 0.1) is 5.82 Å². The molecule has 0 radical (unpaired) electrons. The number of benzene rings is 1. The molecule has 7 nitrogen and oxygen atoms in total. The fraction of sp³-hybridized carbons (Fsp3) is 0.200. The van der Waals surface area contributed by atoms with Crippen LogP contribution in [0.5, 0.6) is 0 Å². The lowest BCUT2D eigenvalue weighted by atomic mass is 9.92. The van der Waals surface area contributed by atoms with E-state index >= 15 is 0 Å². The first-order chi connectivity index (χ1) is 16.4. The van der Waals surface area contributed by atoms with Crippen LogP contribution in [0.25, 0.3) is 22.3 Å². The monoisotopic (exact) mass is 479 g/mol. The minimum Gasteiger partial charge on any atom is -0.464 e. The SMILES string of the molecule is COC(=O)c1nc(Cl)ccc1N[C@H](C)c1cc(F)cc2c(=O)c3c(oc12)-c1cccnc1CC3. The van der Waals surface area contributed by atoms with Gasteiger partial charge in [0, 0.05) is 22.9 Å². The van der Waals surface area contributed by atoms with E-state index in [2.05, 4.69) is 15.3 Å². The third kappa shape index (κ3) is 3.70. The minimum absolute atomic E-state index is 0.0126. The lowest BCUT2D eigenvalue weighted by Crippen LogP contribution is -2.19. The van der Waals surface area contributed by atoms with Crippen molar-refractivity contribution in [2.75, 3.05) is 12.4 Å². The number of aromatic nitrogens is 2. The van der Waals surface area contributed by atoms with Gasteiger partial charge >= 0.3 is 5.97 Å². The Hall–Kier alpha value is -3.78. The van der Waals surface area contributed by atoms with Crippen molar-refractivity contribution in [1.29, 1.82) is 0 Å². The van der Waals surface area contributed by atoms with Gasteiger partial charge in [-0.2, -0.15) is 0 Å². The van der Waals surface area contributed by atoms with Crippen LogP contribution in [0.1, 0.15) is 40.3 Å². The van der Waals surface area contributed by atoms with E-state index in [4.69, 9.17) is 20.8 Å². The summed E-state index contributed by atoms with van der Waals surface area (Å²) in [6.07, 6.45) is 2.78. The van der Waals surface area contributed by atoms with Crippen molar-refractivity contribution in [3.63, 3.8) is 0 Å². The summed E-state index contributed by atoms with van der Waals surface area (Å²) in [6.45, 7) is 1.76. The maximum absolute atomic E-state index is 14.6. The van der Waals surface area contributed by atoms with Gasteiger partial charge in [0.2, 0.25) is 0 Å². The number of fused-ring (bicyclic) bond motifs is 4. The van der Waals surface area contributed by atoms with Crippen LogP contribution >= 0.6 is 11.6 Å². The molecule has 0 fully saturated rings. The predicted molar refractivity (Wildman–Crippen MR) is 126 cm³/mol. The standard InChI is InChI=1S/C25H19ClFN3O4/c1-12(29-19-7-8-20(26)30-21(19)25(32)33-2)16-10-13(27)11-17-22(31)15-5-6-18-14(4-3-9-28-18)23(15)34-24(16)17/h3-4,7-12,29H,5-6H2,1-2H3/t12-/m1/s1. The third-order valence-corrected chi connectivity index (χ3v) is 6.12. The van der Waals surface area contributed by atoms with Crippen LogP contribution in [-0.4, -0.2) is 23.0 Å². The highest BCUT2D eigenvalue weighted by Crippen LogP contribution is 2.36. The summed E-state index contributed by atoms with van der Waals surface area (Å²) in [6, 6.07) is 8.69. The Balaban J connectivity index is 1.66. The van der Waals surface area contributed by atoms with Gasteiger partial charge in [-0.25, -0.2) is 14.2 Å². The Labute approximate surface area is 198 Å². The zero-order valence-corrected chi connectivity index (χ0v) is 19.1. The van der Waals surface area contributed by atoms with E-state index in [1.54, 1.807) is 25.3 Å². The van der Waals surface area contributed by atoms with Crippen LogP contribution in [0.2, 0.25) is 5.15 Å². The zero-order chi connectivity index (χ0) is 24.0. The van der Waals surface area contributed by atoms with Gasteiger partial charge in [0.15, 0.2) is 11.1 Å². The maximum Gasteiger partial charge on any atom is 0.358 e. The molecule has 172 valence electrons. The molecule has 0 unspecified atom stereocenters. The number of halogens is 2. The second-order valence-corrected chi connectivity index (χ2v) is 8.38. The second kappa shape index (κ2) is 8.53. The molecule has 34 heavy (non-hydrogen) atoms. The quantitative estimate of drug-likeness (QED) is 0.321. The molecule has 3 heterocycles. The van der Waals surface area contributed by atoms with Gasteiger partial charge in [0.1, 0.15) is 22.3 Å². The number of hydrogen-bond acceptors (Lipinski definition) is 7. The lowest BCUT2D eigenvalue weighted by molar-refractivity contribution is 0.0595. The first kappa shape index (κ1) is 22.0. The largest absolute Gasteiger partial charge is 0.464 e. The fourth-order valence-electron chi connectivity index (χ4n) is 4.30. The topological polar surface area (TPSA) is 94.3 Å². The number of anilines is 1. The summed E-state index contributed by atoms with van der Waals surface area (Å²) in [5.74, 6) is -0.787. The molecule has 1 aliphatic rings. The van der Waals surface area contributed by atoms with Gasteiger partial charge in [-0.05, 0) is 56.2 Å². The van der Waals surface area contributed by atoms with Crippen molar-refractivity contribution in [1.82, 2.24) is 9.97 Å². The van der Waals surface area contributed by atoms with E-state index in [1.165, 1.54) is 25.3 Å². The second-order valence-electron chi connectivity index (χ2n) is 8.00. The third-order valence-electron chi connectivity index (χ3n) is 5.90. The molecule has 1 aliphatic carbocycles. The maximum atomic E-state index is 14.6. The molecule has 5 rings (SSSR count). The number of esters is 1. The summed E-state index contributed by atoms with van der Waals surface area (Å²) >= 11 is 5.95. The van der Waals surface area contributed by atoms with Gasteiger partial charge in [0.05, 0.1) is 29.9 Å². The Bertz CT molecular complexity index is 1520. The summed E-state index contributed by atoms with van der Waals surface area (Å²) in [4.78, 5) is 34.0. The summed E-state index contributed by atoms with van der Waals surface area (Å²) in [7, 11) is 1.24. The van der Waals surface area contributed by atoms with Crippen LogP contribution in [0.3, 0.4) is 0 Å². The number of ether oxygens (including phenoxy) is 1. The minimum atomic E-state index is -0.675. The molecule has 1 aromatic carbocycles. The summed E-state index contributed by atoms with van der Waals surface area (Å²) in [5, 5.41) is 3.43. The van der Waals surface area contributed by atoms with E-state index < -0.39 is 17.8 Å². The average molecular weight is 480 g/mol. The number of carbonyl (C=O) groups excluding carboxylic acids is 1. The first-order valence-corrected chi connectivity index (χ1v) is 11.0. The lowest BCUT2D eigenvalue weighted by Gasteiger charge is -2.21. The Morgan fingerprint density at radius 1 is 1.26 bits per heavy atom. The number of carbonyl (C=O) groups is 1. The van der Waals surface area contributed by atoms with E-state index in [-0.39, 0.29) is 27.2 Å². The van der Waals surface area contributed by atoms with Crippen molar-refractivity contribution >= 4 is 34.2 Å². The van der Waals surface area contributed by atoms with E-state index in [0.29, 0.717) is 35.4 Å². The molecule has 0 aliphatic heterocycles. The van der Waals surface area contributed by atoms with Crippen molar-refractivity contribution in [3.8, 4) is 11.3 Å². The number of nitrogens with one attached hydrogen (secondary N) is 1.